The van der Waals surface area contributed by atoms with Crippen molar-refractivity contribution in [3.8, 4) is 0 Å². The molecule has 0 amide bonds. The molecule has 0 saturated carbocycles. The van der Waals surface area contributed by atoms with Gasteiger partial charge in [0.05, 0.1) is 20.5 Å². The lowest BCUT2D eigenvalue weighted by Crippen LogP contribution is -2.20. The van der Waals surface area contributed by atoms with E-state index >= 15 is 0 Å². The van der Waals surface area contributed by atoms with Gasteiger partial charge in [0.25, 0.3) is 0 Å². The van der Waals surface area contributed by atoms with Crippen LogP contribution in [0.5, 0.6) is 0 Å². The summed E-state index contributed by atoms with van der Waals surface area (Å²) in [7, 11) is -1.44. The minimum atomic E-state index is -1.44. The minimum Gasteiger partial charge on any atom is -0.234 e. The molecule has 100 valence electrons. The summed E-state index contributed by atoms with van der Waals surface area (Å²) in [6.07, 6.45) is 0. The molecule has 1 atom stereocenters. The highest BCUT2D eigenvalue weighted by Gasteiger charge is 2.20. The Morgan fingerprint density at radius 3 is 2.28 bits per heavy atom. The van der Waals surface area contributed by atoms with Gasteiger partial charge in [0.2, 0.25) is 0 Å². The fourth-order valence-corrected chi connectivity index (χ4v) is 2.05. The molecule has 0 aliphatic rings. The molecule has 0 heterocycles. The molecule has 0 aromatic heterocycles. The Morgan fingerprint density at radius 2 is 1.78 bits per heavy atom. The first-order chi connectivity index (χ1) is 8.12. The van der Waals surface area contributed by atoms with Gasteiger partial charge in [0.15, 0.2) is 0 Å². The molecule has 2 nitrogen and oxygen atoms in total. The summed E-state index contributed by atoms with van der Waals surface area (Å²) in [6, 6.07) is 2.51. The topological polar surface area (TPSA) is 29.4 Å². The van der Waals surface area contributed by atoms with Gasteiger partial charge in [-0.25, -0.2) is 8.60 Å². The molecule has 0 N–H and O–H groups in total. The molecule has 1 unspecified atom stereocenters. The predicted molar refractivity (Wildman–Crippen MR) is 76.5 cm³/mol. The quantitative estimate of drug-likeness (QED) is 0.588. The van der Waals surface area contributed by atoms with Crippen molar-refractivity contribution in [2.75, 3.05) is 0 Å². The lowest BCUT2D eigenvalue weighted by atomic mass is 10.1. The molecule has 0 aliphatic heterocycles. The molecule has 18 heavy (non-hydrogen) atoms. The second-order valence-electron chi connectivity index (χ2n) is 4.78. The molecule has 0 aliphatic carbocycles. The fraction of sp³-hybridized carbons (Fsp3) is 0.417. The van der Waals surface area contributed by atoms with E-state index in [9.17, 15) is 8.60 Å². The van der Waals surface area contributed by atoms with Gasteiger partial charge in [-0.2, -0.15) is 4.40 Å². The van der Waals surface area contributed by atoms with Crippen LogP contribution in [0.3, 0.4) is 0 Å². The highest BCUT2D eigenvalue weighted by Crippen LogP contribution is 2.26. The van der Waals surface area contributed by atoms with Crippen molar-refractivity contribution in [3.63, 3.8) is 0 Å². The number of nitrogens with zero attached hydrogens (tertiary/aromatic N) is 1. The Hall–Kier alpha value is -0.450. The van der Waals surface area contributed by atoms with Crippen molar-refractivity contribution in [3.05, 3.63) is 33.6 Å². The molecular weight excluding hydrogens is 296 g/mol. The van der Waals surface area contributed by atoms with Gasteiger partial charge in [-0.15, -0.1) is 0 Å². The second kappa shape index (κ2) is 5.68. The van der Waals surface area contributed by atoms with Crippen molar-refractivity contribution < 1.29 is 8.60 Å². The summed E-state index contributed by atoms with van der Waals surface area (Å²) < 4.78 is 29.1. The van der Waals surface area contributed by atoms with E-state index in [0.29, 0.717) is 5.71 Å². The fourth-order valence-electron chi connectivity index (χ4n) is 1.11. The van der Waals surface area contributed by atoms with Crippen LogP contribution in [-0.4, -0.2) is 14.7 Å². The Labute approximate surface area is 119 Å². The number of hydrogen-bond donors (Lipinski definition) is 0. The standard InChI is InChI=1S/C12H14Cl2FNOS/c1-7(16-18(17)12(2,3)4)8-5-9(13)10(14)6-11(8)15/h5-6H,1-4H3/b16-7+. The lowest BCUT2D eigenvalue weighted by Gasteiger charge is -2.14. The molecule has 0 spiro atoms. The van der Waals surface area contributed by atoms with Gasteiger partial charge in [0.1, 0.15) is 16.8 Å². The average molecular weight is 310 g/mol. The SMILES string of the molecule is C/C(=N\S(=O)C(C)(C)C)c1cc(Cl)c(Cl)cc1F. The third-order valence-corrected chi connectivity index (χ3v) is 4.35. The highest BCUT2D eigenvalue weighted by molar-refractivity contribution is 7.85. The number of rotatable bonds is 2. The first kappa shape index (κ1) is 15.6. The highest BCUT2D eigenvalue weighted by atomic mass is 35.5. The number of halogens is 3. The average Bonchev–Trinajstić information content (AvgIpc) is 2.21. The molecule has 0 saturated heterocycles. The predicted octanol–water partition coefficient (Wildman–Crippen LogP) is 4.40. The van der Waals surface area contributed by atoms with Crippen LogP contribution >= 0.6 is 23.2 Å². The molecule has 6 heteroatoms. The van der Waals surface area contributed by atoms with Gasteiger partial charge in [-0.3, -0.25) is 0 Å². The van der Waals surface area contributed by atoms with Crippen molar-refractivity contribution in [1.29, 1.82) is 0 Å². The molecule has 0 radical (unpaired) electrons. The molecule has 1 rings (SSSR count). The monoisotopic (exact) mass is 309 g/mol. The largest absolute Gasteiger partial charge is 0.234 e. The van der Waals surface area contributed by atoms with E-state index in [4.69, 9.17) is 23.2 Å². The van der Waals surface area contributed by atoms with Crippen LogP contribution in [0.2, 0.25) is 10.0 Å². The van der Waals surface area contributed by atoms with Crippen LogP contribution < -0.4 is 0 Å². The van der Waals surface area contributed by atoms with Gasteiger partial charge >= 0.3 is 0 Å². The number of hydrogen-bond acceptors (Lipinski definition) is 1. The van der Waals surface area contributed by atoms with Crippen LogP contribution in [0.25, 0.3) is 0 Å². The maximum absolute atomic E-state index is 13.7. The lowest BCUT2D eigenvalue weighted by molar-refractivity contribution is 0.625. The smallest absolute Gasteiger partial charge is 0.145 e. The minimum absolute atomic E-state index is 0.141. The van der Waals surface area contributed by atoms with Crippen LogP contribution in [0.1, 0.15) is 33.3 Å². The van der Waals surface area contributed by atoms with Gasteiger partial charge in [-0.05, 0) is 39.8 Å². The molecular formula is C12H14Cl2FNOS. The summed E-state index contributed by atoms with van der Waals surface area (Å²) in [4.78, 5) is 0. The zero-order valence-corrected chi connectivity index (χ0v) is 12.9. The van der Waals surface area contributed by atoms with Crippen molar-refractivity contribution in [2.45, 2.75) is 32.4 Å². The van der Waals surface area contributed by atoms with E-state index in [1.807, 2.05) is 0 Å². The molecule has 0 bridgehead atoms. The Kier molecular flexibility index (Phi) is 4.92. The second-order valence-corrected chi connectivity index (χ2v) is 7.50. The summed E-state index contributed by atoms with van der Waals surface area (Å²) in [5, 5.41) is 0.381. The van der Waals surface area contributed by atoms with Gasteiger partial charge in [-0.1, -0.05) is 23.2 Å². The zero-order valence-electron chi connectivity index (χ0n) is 10.6. The van der Waals surface area contributed by atoms with Gasteiger partial charge in [0, 0.05) is 5.56 Å². The Morgan fingerprint density at radius 1 is 1.28 bits per heavy atom. The summed E-state index contributed by atoms with van der Waals surface area (Å²) in [5.74, 6) is -0.531. The molecule has 1 aromatic rings. The van der Waals surface area contributed by atoms with E-state index in [-0.39, 0.29) is 15.6 Å². The number of benzene rings is 1. The van der Waals surface area contributed by atoms with Gasteiger partial charge < -0.3 is 0 Å². The first-order valence-corrected chi connectivity index (χ1v) is 7.11. The van der Waals surface area contributed by atoms with Crippen molar-refractivity contribution in [1.82, 2.24) is 0 Å². The van der Waals surface area contributed by atoms with E-state index in [2.05, 4.69) is 4.40 Å². The van der Waals surface area contributed by atoms with E-state index < -0.39 is 21.5 Å². The summed E-state index contributed by atoms with van der Waals surface area (Å²) in [6.45, 7) is 6.98. The normalized spacial score (nSPS) is 14.7. The maximum atomic E-state index is 13.7. The molecule has 0 fully saturated rings. The van der Waals surface area contributed by atoms with Crippen LogP contribution in [0.15, 0.2) is 16.5 Å². The van der Waals surface area contributed by atoms with Crippen LogP contribution in [-0.2, 0) is 11.0 Å². The van der Waals surface area contributed by atoms with Crippen LogP contribution in [0, 0.1) is 5.82 Å². The third kappa shape index (κ3) is 3.77. The Balaban J connectivity index is 3.19. The first-order valence-electron chi connectivity index (χ1n) is 5.25. The van der Waals surface area contributed by atoms with Crippen molar-refractivity contribution >= 4 is 39.9 Å². The van der Waals surface area contributed by atoms with E-state index in [1.165, 1.54) is 6.07 Å². The van der Waals surface area contributed by atoms with E-state index in [0.717, 1.165) is 6.07 Å². The summed E-state index contributed by atoms with van der Waals surface area (Å²) in [5.41, 5.74) is 0.543. The Bertz CT molecular complexity index is 524. The maximum Gasteiger partial charge on any atom is 0.145 e. The summed E-state index contributed by atoms with van der Waals surface area (Å²) >= 11 is 11.5. The molecule has 1 aromatic carbocycles. The third-order valence-electron chi connectivity index (χ3n) is 2.14. The van der Waals surface area contributed by atoms with E-state index in [1.54, 1.807) is 27.7 Å². The zero-order chi connectivity index (χ0) is 14.1. The van der Waals surface area contributed by atoms with Crippen LogP contribution in [0.4, 0.5) is 4.39 Å². The van der Waals surface area contributed by atoms with Crippen molar-refractivity contribution in [2.24, 2.45) is 4.40 Å².